The SMILES string of the molecule is C1=Cc2nnnnc2C1. The van der Waals surface area contributed by atoms with Crippen molar-refractivity contribution in [2.75, 3.05) is 0 Å². The molecule has 0 atom stereocenters. The van der Waals surface area contributed by atoms with Crippen LogP contribution in [0.2, 0.25) is 0 Å². The van der Waals surface area contributed by atoms with E-state index in [9.17, 15) is 0 Å². The van der Waals surface area contributed by atoms with Crippen LogP contribution in [0.25, 0.3) is 6.08 Å². The fourth-order valence-electron chi connectivity index (χ4n) is 0.808. The van der Waals surface area contributed by atoms with Gasteiger partial charge >= 0.3 is 0 Å². The molecule has 1 aliphatic carbocycles. The molecular formula is C5H4N4. The van der Waals surface area contributed by atoms with Gasteiger partial charge in [-0.15, -0.1) is 10.2 Å². The smallest absolute Gasteiger partial charge is 0.111 e. The maximum atomic E-state index is 3.77. The van der Waals surface area contributed by atoms with Crippen molar-refractivity contribution < 1.29 is 0 Å². The van der Waals surface area contributed by atoms with Gasteiger partial charge < -0.3 is 0 Å². The molecule has 1 aromatic heterocycles. The lowest BCUT2D eigenvalue weighted by Crippen LogP contribution is -1.97. The van der Waals surface area contributed by atoms with Gasteiger partial charge in [-0.3, -0.25) is 0 Å². The van der Waals surface area contributed by atoms with Crippen molar-refractivity contribution in [2.45, 2.75) is 6.42 Å². The Balaban J connectivity index is 2.63. The molecule has 0 amide bonds. The van der Waals surface area contributed by atoms with Crippen LogP contribution in [0.4, 0.5) is 0 Å². The summed E-state index contributed by atoms with van der Waals surface area (Å²) in [5, 5.41) is 14.3. The molecule has 0 saturated heterocycles. The minimum absolute atomic E-state index is 0.845. The van der Waals surface area contributed by atoms with E-state index in [1.165, 1.54) is 0 Å². The normalized spacial score (nSPS) is 13.8. The van der Waals surface area contributed by atoms with Crippen LogP contribution in [-0.2, 0) is 6.42 Å². The van der Waals surface area contributed by atoms with Crippen LogP contribution in [0.3, 0.4) is 0 Å². The van der Waals surface area contributed by atoms with E-state index in [0.29, 0.717) is 0 Å². The van der Waals surface area contributed by atoms with Crippen molar-refractivity contribution in [1.82, 2.24) is 20.6 Å². The van der Waals surface area contributed by atoms with E-state index in [1.54, 1.807) is 0 Å². The van der Waals surface area contributed by atoms with Gasteiger partial charge in [-0.1, -0.05) is 6.08 Å². The molecule has 4 nitrogen and oxygen atoms in total. The molecule has 0 spiro atoms. The number of rotatable bonds is 0. The molecule has 9 heavy (non-hydrogen) atoms. The summed E-state index contributed by atoms with van der Waals surface area (Å²) in [5.74, 6) is 0. The molecule has 2 rings (SSSR count). The second-order valence-electron chi connectivity index (χ2n) is 1.82. The number of allylic oxidation sites excluding steroid dienone is 1. The van der Waals surface area contributed by atoms with Crippen LogP contribution >= 0.6 is 0 Å². The Labute approximate surface area is 51.6 Å². The first-order chi connectivity index (χ1) is 4.47. The van der Waals surface area contributed by atoms with Gasteiger partial charge in [0.1, 0.15) is 5.69 Å². The molecule has 44 valence electrons. The third-order valence-corrected chi connectivity index (χ3v) is 1.24. The molecule has 0 aliphatic heterocycles. The zero-order valence-corrected chi connectivity index (χ0v) is 4.65. The highest BCUT2D eigenvalue weighted by atomic mass is 15.4. The van der Waals surface area contributed by atoms with E-state index in [4.69, 9.17) is 0 Å². The quantitative estimate of drug-likeness (QED) is 0.477. The highest BCUT2D eigenvalue weighted by Crippen LogP contribution is 2.10. The Morgan fingerprint density at radius 3 is 3.00 bits per heavy atom. The van der Waals surface area contributed by atoms with Crippen LogP contribution in [-0.4, -0.2) is 20.6 Å². The number of aromatic nitrogens is 4. The van der Waals surface area contributed by atoms with Gasteiger partial charge in [0.2, 0.25) is 0 Å². The molecule has 0 fully saturated rings. The average Bonchev–Trinajstić information content (AvgIpc) is 2.33. The summed E-state index contributed by atoms with van der Waals surface area (Å²) in [7, 11) is 0. The first-order valence-electron chi connectivity index (χ1n) is 2.68. The van der Waals surface area contributed by atoms with Crippen LogP contribution in [0.15, 0.2) is 6.08 Å². The number of hydrogen-bond donors (Lipinski definition) is 0. The molecule has 0 saturated carbocycles. The summed E-state index contributed by atoms with van der Waals surface area (Å²) in [6.07, 6.45) is 4.74. The van der Waals surface area contributed by atoms with Crippen molar-refractivity contribution in [3.8, 4) is 0 Å². The fourth-order valence-corrected chi connectivity index (χ4v) is 0.808. The first kappa shape index (κ1) is 4.55. The van der Waals surface area contributed by atoms with E-state index < -0.39 is 0 Å². The second kappa shape index (κ2) is 1.58. The minimum Gasteiger partial charge on any atom is -0.131 e. The van der Waals surface area contributed by atoms with Crippen LogP contribution in [0, 0.1) is 0 Å². The number of fused-ring (bicyclic) bond motifs is 1. The molecule has 4 heteroatoms. The molecule has 1 aromatic rings. The minimum atomic E-state index is 0.845. The van der Waals surface area contributed by atoms with Crippen molar-refractivity contribution >= 4 is 6.08 Å². The summed E-state index contributed by atoms with van der Waals surface area (Å²) in [6.45, 7) is 0. The van der Waals surface area contributed by atoms with Crippen LogP contribution in [0.5, 0.6) is 0 Å². The second-order valence-corrected chi connectivity index (χ2v) is 1.82. The Hall–Kier alpha value is -1.32. The van der Waals surface area contributed by atoms with E-state index >= 15 is 0 Å². The summed E-state index contributed by atoms with van der Waals surface area (Å²) in [6, 6.07) is 0. The lowest BCUT2D eigenvalue weighted by atomic mass is 10.4. The Bertz CT molecular complexity index is 255. The summed E-state index contributed by atoms with van der Waals surface area (Å²) in [5.41, 5.74) is 1.77. The molecule has 0 aromatic carbocycles. The van der Waals surface area contributed by atoms with Crippen molar-refractivity contribution in [3.63, 3.8) is 0 Å². The number of hydrogen-bond acceptors (Lipinski definition) is 4. The molecule has 0 N–H and O–H groups in total. The van der Waals surface area contributed by atoms with Crippen LogP contribution in [0.1, 0.15) is 11.4 Å². The van der Waals surface area contributed by atoms with Crippen molar-refractivity contribution in [1.29, 1.82) is 0 Å². The zero-order valence-electron chi connectivity index (χ0n) is 4.65. The first-order valence-corrected chi connectivity index (χ1v) is 2.68. The zero-order chi connectivity index (χ0) is 6.10. The van der Waals surface area contributed by atoms with Gasteiger partial charge in [-0.25, -0.2) is 0 Å². The summed E-state index contributed by atoms with van der Waals surface area (Å²) < 4.78 is 0. The average molecular weight is 120 g/mol. The third-order valence-electron chi connectivity index (χ3n) is 1.24. The molecule has 0 unspecified atom stereocenters. The van der Waals surface area contributed by atoms with Gasteiger partial charge in [0.05, 0.1) is 5.69 Å². The molecular weight excluding hydrogens is 116 g/mol. The van der Waals surface area contributed by atoms with Gasteiger partial charge in [0.25, 0.3) is 0 Å². The fraction of sp³-hybridized carbons (Fsp3) is 0.200. The molecule has 0 radical (unpaired) electrons. The molecule has 0 bridgehead atoms. The Morgan fingerprint density at radius 1 is 1.22 bits per heavy atom. The highest BCUT2D eigenvalue weighted by molar-refractivity contribution is 5.52. The van der Waals surface area contributed by atoms with Crippen molar-refractivity contribution in [3.05, 3.63) is 17.5 Å². The van der Waals surface area contributed by atoms with Gasteiger partial charge in [-0.05, 0) is 16.5 Å². The van der Waals surface area contributed by atoms with E-state index in [2.05, 4.69) is 20.6 Å². The largest absolute Gasteiger partial charge is 0.131 e. The standard InChI is InChI=1S/C5H4N4/c1-2-4-5(3-1)7-9-8-6-4/h1-2H,3H2. The third kappa shape index (κ3) is 0.595. The maximum absolute atomic E-state index is 3.77. The monoisotopic (exact) mass is 120 g/mol. The lowest BCUT2D eigenvalue weighted by molar-refractivity contribution is 0.733. The summed E-state index contributed by atoms with van der Waals surface area (Å²) in [4.78, 5) is 0. The number of nitrogens with zero attached hydrogens (tertiary/aromatic N) is 4. The van der Waals surface area contributed by atoms with Gasteiger partial charge in [-0.2, -0.15) is 0 Å². The van der Waals surface area contributed by atoms with Gasteiger partial charge in [0.15, 0.2) is 0 Å². The van der Waals surface area contributed by atoms with E-state index in [-0.39, 0.29) is 0 Å². The molecule has 1 aliphatic rings. The lowest BCUT2D eigenvalue weighted by Gasteiger charge is -1.87. The van der Waals surface area contributed by atoms with E-state index in [1.807, 2.05) is 12.2 Å². The summed E-state index contributed by atoms with van der Waals surface area (Å²) >= 11 is 0. The highest BCUT2D eigenvalue weighted by Gasteiger charge is 2.06. The predicted molar refractivity (Wildman–Crippen MR) is 30.4 cm³/mol. The van der Waals surface area contributed by atoms with Crippen LogP contribution < -0.4 is 0 Å². The maximum Gasteiger partial charge on any atom is 0.111 e. The van der Waals surface area contributed by atoms with Gasteiger partial charge in [0, 0.05) is 6.42 Å². The predicted octanol–water partition coefficient (Wildman–Crippen LogP) is -0.164. The van der Waals surface area contributed by atoms with Crippen molar-refractivity contribution in [2.24, 2.45) is 0 Å². The Kier molecular flexibility index (Phi) is 0.798. The topological polar surface area (TPSA) is 51.6 Å². The Morgan fingerprint density at radius 2 is 2.11 bits per heavy atom. The van der Waals surface area contributed by atoms with E-state index in [0.717, 1.165) is 17.8 Å². The molecule has 1 heterocycles.